The fourth-order valence-electron chi connectivity index (χ4n) is 3.25. The smallest absolute Gasteiger partial charge is 0.326 e. The van der Waals surface area contributed by atoms with Gasteiger partial charge in [0.2, 0.25) is 0 Å². The Labute approximate surface area is 157 Å². The molecule has 26 heavy (non-hydrogen) atoms. The van der Waals surface area contributed by atoms with Gasteiger partial charge in [0.05, 0.1) is 5.39 Å². The Morgan fingerprint density at radius 3 is 2.50 bits per heavy atom. The monoisotopic (exact) mass is 418 g/mol. The van der Waals surface area contributed by atoms with Gasteiger partial charge in [0.1, 0.15) is 5.65 Å². The van der Waals surface area contributed by atoms with Gasteiger partial charge in [-0.1, -0.05) is 39.7 Å². The van der Waals surface area contributed by atoms with Crippen LogP contribution in [0.2, 0.25) is 0 Å². The first-order valence-electron chi connectivity index (χ1n) is 8.05. The lowest BCUT2D eigenvalue weighted by molar-refractivity contribution is 0.703. The minimum Gasteiger partial charge on any atom is -0.326 e. The zero-order valence-corrected chi connectivity index (χ0v) is 16.3. The van der Waals surface area contributed by atoms with Crippen molar-refractivity contribution in [1.29, 1.82) is 0 Å². The van der Waals surface area contributed by atoms with Crippen LogP contribution in [-0.2, 0) is 20.6 Å². The van der Waals surface area contributed by atoms with Crippen LogP contribution in [0.15, 0.2) is 48.7 Å². The molecule has 0 aliphatic heterocycles. The van der Waals surface area contributed by atoms with Crippen LogP contribution in [0.4, 0.5) is 0 Å². The molecule has 1 aliphatic rings. The second-order valence-corrected chi connectivity index (χ2v) is 7.22. The number of nitrogens with two attached hydrogens (primary N) is 1. The molecule has 136 valence electrons. The fraction of sp³-hybridized carbons (Fsp3) is 0.278. The minimum absolute atomic E-state index is 0.0190. The molecule has 7 nitrogen and oxygen atoms in total. The largest absolute Gasteiger partial charge is 0.332 e. The van der Waals surface area contributed by atoms with E-state index in [4.69, 9.17) is 5.73 Å². The van der Waals surface area contributed by atoms with Crippen LogP contribution in [-0.4, -0.2) is 14.1 Å². The van der Waals surface area contributed by atoms with Crippen LogP contribution in [0.25, 0.3) is 11.0 Å². The van der Waals surface area contributed by atoms with Gasteiger partial charge in [0.15, 0.2) is 0 Å². The van der Waals surface area contributed by atoms with E-state index >= 15 is 0 Å². The molecule has 0 aromatic carbocycles. The number of pyridine rings is 1. The third-order valence-corrected chi connectivity index (χ3v) is 5.12. The number of hydrogen-bond donors (Lipinski definition) is 2. The van der Waals surface area contributed by atoms with Gasteiger partial charge in [-0.3, -0.25) is 18.7 Å². The van der Waals surface area contributed by atoms with Gasteiger partial charge in [-0.2, -0.15) is 0 Å². The number of hydrogen-bond acceptors (Lipinski definition) is 4. The first kappa shape index (κ1) is 18.3. The van der Waals surface area contributed by atoms with Crippen molar-refractivity contribution in [3.05, 3.63) is 76.7 Å². The summed E-state index contributed by atoms with van der Waals surface area (Å²) in [6, 6.07) is 0. The normalized spacial score (nSPS) is 17.2. The molecule has 1 atom stereocenters. The first-order chi connectivity index (χ1) is 12.3. The number of aromatic nitrogens is 3. The molecule has 0 radical (unpaired) electrons. The van der Waals surface area contributed by atoms with E-state index in [2.05, 4.69) is 20.9 Å². The van der Waals surface area contributed by atoms with Crippen molar-refractivity contribution in [3.8, 4) is 0 Å². The highest BCUT2D eigenvalue weighted by Gasteiger charge is 2.23. The molecule has 1 aliphatic carbocycles. The van der Waals surface area contributed by atoms with Crippen LogP contribution in [0.3, 0.4) is 0 Å². The fourth-order valence-corrected chi connectivity index (χ4v) is 3.67. The van der Waals surface area contributed by atoms with Gasteiger partial charge >= 0.3 is 5.69 Å². The zero-order valence-electron chi connectivity index (χ0n) is 14.7. The highest BCUT2D eigenvalue weighted by Crippen LogP contribution is 2.31. The molecule has 2 heterocycles. The summed E-state index contributed by atoms with van der Waals surface area (Å²) in [5.74, 6) is -0.340. The number of allylic oxidation sites excluding steroid dienone is 6. The molecule has 0 spiro atoms. The van der Waals surface area contributed by atoms with Crippen molar-refractivity contribution < 1.29 is 0 Å². The average Bonchev–Trinajstić information content (AvgIpc) is 2.77. The van der Waals surface area contributed by atoms with Gasteiger partial charge in [0.25, 0.3) is 11.1 Å². The molecule has 1 unspecified atom stereocenters. The van der Waals surface area contributed by atoms with Gasteiger partial charge in [-0.15, -0.1) is 0 Å². The van der Waals surface area contributed by atoms with Gasteiger partial charge in [-0.25, -0.2) is 4.79 Å². The van der Waals surface area contributed by atoms with Crippen molar-refractivity contribution in [2.45, 2.75) is 19.4 Å². The van der Waals surface area contributed by atoms with Gasteiger partial charge in [0, 0.05) is 36.6 Å². The standard InChI is InChI=1S/C18H19BrN4O3/c1-9-4-5-11(19)7-10(6-9)13-12(8-20)16(24)21-15-14(13)17(25)23(3)18(26)22(15)2/h4-7,10H,8,20H2,1-3H3,(H,21,24). The summed E-state index contributed by atoms with van der Waals surface area (Å²) in [5.41, 5.74) is 6.53. The molecule has 0 bridgehead atoms. The third-order valence-electron chi connectivity index (χ3n) is 4.59. The van der Waals surface area contributed by atoms with E-state index in [1.165, 1.54) is 18.7 Å². The lowest BCUT2D eigenvalue weighted by Gasteiger charge is -2.18. The summed E-state index contributed by atoms with van der Waals surface area (Å²) in [4.78, 5) is 40.4. The van der Waals surface area contributed by atoms with E-state index in [9.17, 15) is 14.4 Å². The summed E-state index contributed by atoms with van der Waals surface area (Å²) < 4.78 is 3.13. The number of aromatic amines is 1. The third kappa shape index (κ3) is 2.85. The summed E-state index contributed by atoms with van der Waals surface area (Å²) >= 11 is 3.48. The molecule has 0 fully saturated rings. The predicted molar refractivity (Wildman–Crippen MR) is 106 cm³/mol. The van der Waals surface area contributed by atoms with Crippen LogP contribution < -0.4 is 22.5 Å². The summed E-state index contributed by atoms with van der Waals surface area (Å²) in [6.07, 6.45) is 7.71. The molecule has 3 rings (SSSR count). The summed E-state index contributed by atoms with van der Waals surface area (Å²) in [5, 5.41) is 0.294. The van der Waals surface area contributed by atoms with E-state index in [1.54, 1.807) is 0 Å². The minimum atomic E-state index is -0.504. The van der Waals surface area contributed by atoms with Crippen LogP contribution in [0.1, 0.15) is 24.0 Å². The maximum absolute atomic E-state index is 12.9. The number of H-pyrrole nitrogens is 1. The molecule has 8 heteroatoms. The number of nitrogens with zero attached hydrogens (tertiary/aromatic N) is 2. The quantitative estimate of drug-likeness (QED) is 0.765. The predicted octanol–water partition coefficient (Wildman–Crippen LogP) is 1.26. The molecule has 2 aromatic rings. The Hall–Kier alpha value is -2.45. The molecule has 0 saturated heterocycles. The van der Waals surface area contributed by atoms with E-state index in [-0.39, 0.29) is 18.1 Å². The second kappa shape index (κ2) is 6.69. The SMILES string of the molecule is CC1=CC(c2c(CN)c(=O)[nH]c3c2c(=O)n(C)c(=O)n3C)C=C(Br)C=C1. The first-order valence-corrected chi connectivity index (χ1v) is 8.84. The number of halogens is 1. The Morgan fingerprint density at radius 1 is 1.15 bits per heavy atom. The molecule has 0 amide bonds. The van der Waals surface area contributed by atoms with Crippen molar-refractivity contribution in [2.75, 3.05) is 0 Å². The van der Waals surface area contributed by atoms with Gasteiger partial charge < -0.3 is 10.7 Å². The lowest BCUT2D eigenvalue weighted by atomic mass is 9.91. The Morgan fingerprint density at radius 2 is 1.85 bits per heavy atom. The molecular weight excluding hydrogens is 400 g/mol. The molecule has 3 N–H and O–H groups in total. The molecular formula is C18H19BrN4O3. The van der Waals surface area contributed by atoms with Gasteiger partial charge in [-0.05, 0) is 18.6 Å². The maximum Gasteiger partial charge on any atom is 0.332 e. The maximum atomic E-state index is 12.9. The number of aryl methyl sites for hydroxylation is 1. The van der Waals surface area contributed by atoms with Crippen LogP contribution in [0.5, 0.6) is 0 Å². The number of rotatable bonds is 2. The van der Waals surface area contributed by atoms with Crippen molar-refractivity contribution >= 4 is 27.0 Å². The Bertz CT molecular complexity index is 1160. The van der Waals surface area contributed by atoms with E-state index in [1.807, 2.05) is 31.2 Å². The van der Waals surface area contributed by atoms with E-state index < -0.39 is 16.8 Å². The van der Waals surface area contributed by atoms with Crippen LogP contribution >= 0.6 is 15.9 Å². The van der Waals surface area contributed by atoms with E-state index in [0.717, 1.165) is 14.6 Å². The Balaban J connectivity index is 2.58. The number of nitrogens with one attached hydrogen (secondary N) is 1. The van der Waals surface area contributed by atoms with Crippen molar-refractivity contribution in [2.24, 2.45) is 19.8 Å². The molecule has 0 saturated carbocycles. The average molecular weight is 419 g/mol. The molecule has 2 aromatic heterocycles. The van der Waals surface area contributed by atoms with Crippen molar-refractivity contribution in [3.63, 3.8) is 0 Å². The number of fused-ring (bicyclic) bond motifs is 1. The van der Waals surface area contributed by atoms with Crippen LogP contribution in [0, 0.1) is 0 Å². The zero-order chi connectivity index (χ0) is 19.2. The van der Waals surface area contributed by atoms with Crippen molar-refractivity contribution in [1.82, 2.24) is 14.1 Å². The summed E-state index contributed by atoms with van der Waals surface area (Å²) in [7, 11) is 2.94. The summed E-state index contributed by atoms with van der Waals surface area (Å²) in [6.45, 7) is 1.92. The highest BCUT2D eigenvalue weighted by molar-refractivity contribution is 9.11. The Kier molecular flexibility index (Phi) is 4.72. The second-order valence-electron chi connectivity index (χ2n) is 6.30. The topological polar surface area (TPSA) is 103 Å². The highest BCUT2D eigenvalue weighted by atomic mass is 79.9. The lowest BCUT2D eigenvalue weighted by Crippen LogP contribution is -2.39. The van der Waals surface area contributed by atoms with E-state index in [0.29, 0.717) is 16.5 Å².